The Labute approximate surface area is 839 Å². The van der Waals surface area contributed by atoms with Gasteiger partial charge in [-0.1, -0.05) is 97.1 Å². The number of nitrogens with zero attached hydrogens (tertiary/aromatic N) is 2. The van der Waals surface area contributed by atoms with Gasteiger partial charge in [0, 0.05) is 71.0 Å². The molecule has 11 rings (SSSR count). The molecule has 1 aliphatic carbocycles. The van der Waals surface area contributed by atoms with Crippen molar-refractivity contribution in [3.05, 3.63) is 239 Å². The topological polar surface area (TPSA) is 405 Å². The third-order valence-electron chi connectivity index (χ3n) is 21.9. The molecule has 3 aliphatic heterocycles. The van der Waals surface area contributed by atoms with Crippen LogP contribution in [-0.2, 0) is 106 Å². The van der Waals surface area contributed by atoms with Gasteiger partial charge in [-0.15, -0.1) is 6.58 Å². The van der Waals surface area contributed by atoms with E-state index in [-0.39, 0.29) is 73.7 Å². The molecule has 5 unspecified atom stereocenters. The number of carbonyl (C=O) groups is 2. The fourth-order valence-corrected chi connectivity index (χ4v) is 41.3. The van der Waals surface area contributed by atoms with E-state index in [1.165, 1.54) is 80.2 Å². The fourth-order valence-electron chi connectivity index (χ4n) is 14.7. The van der Waals surface area contributed by atoms with Crippen LogP contribution < -0.4 is 5.32 Å². The van der Waals surface area contributed by atoms with Crippen molar-refractivity contribution in [2.24, 2.45) is 0 Å². The van der Waals surface area contributed by atoms with Crippen LogP contribution in [0.3, 0.4) is 0 Å². The van der Waals surface area contributed by atoms with E-state index in [4.69, 9.17) is 69.8 Å². The zero-order valence-corrected chi connectivity index (χ0v) is 91.7. The normalized spacial score (nSPS) is 17.0. The van der Waals surface area contributed by atoms with Gasteiger partial charge in [0.05, 0.1) is 72.9 Å². The van der Waals surface area contributed by atoms with Crippen molar-refractivity contribution in [1.29, 1.82) is 0 Å². The summed E-state index contributed by atoms with van der Waals surface area (Å²) in [6, 6.07) is 44.5. The van der Waals surface area contributed by atoms with Gasteiger partial charge in [-0.3, -0.25) is 4.79 Å². The molecule has 0 radical (unpaired) electrons. The number of sulfone groups is 1. The number of hydrogen-bond donors (Lipinski definition) is 4. The number of carboxylic acid groups (broad SMARTS) is 1. The molecule has 0 amide bonds. The van der Waals surface area contributed by atoms with Crippen LogP contribution in [0.1, 0.15) is 210 Å². The maximum atomic E-state index is 13.3. The van der Waals surface area contributed by atoms with Gasteiger partial charge < -0.3 is 30.1 Å². The van der Waals surface area contributed by atoms with Crippen LogP contribution in [0.15, 0.2) is 219 Å². The van der Waals surface area contributed by atoms with Gasteiger partial charge in [0.25, 0.3) is 18.1 Å². The number of aliphatic hydroxyl groups excluding tert-OH is 2. The van der Waals surface area contributed by atoms with Gasteiger partial charge in [-0.05, 0) is 295 Å². The number of allylic oxidation sites excluding steroid dienone is 2. The third-order valence-corrected chi connectivity index (χ3v) is 50.1. The number of sulfonamides is 2. The number of hydrogen-bond acceptors (Lipinski definition) is 23. The zero-order chi connectivity index (χ0) is 101. The molecule has 0 spiro atoms. The minimum absolute atomic E-state index is 0.0370. The summed E-state index contributed by atoms with van der Waals surface area (Å²) in [6.45, 7) is 27.1. The van der Waals surface area contributed by atoms with Gasteiger partial charge in [-0.2, -0.15) is 37.4 Å². The monoisotopic (exact) mass is 2360 g/mol. The maximum absolute atomic E-state index is 13.3. The molecule has 3 heterocycles. The molecule has 7 aromatic carbocycles. The first-order chi connectivity index (χ1) is 63.4. The van der Waals surface area contributed by atoms with Crippen LogP contribution in [0, 0.1) is 20.8 Å². The van der Waals surface area contributed by atoms with E-state index in [0.29, 0.717) is 112 Å². The Balaban J connectivity index is 0.000000534. The number of ether oxygens (including phenoxy) is 2. The summed E-state index contributed by atoms with van der Waals surface area (Å²) in [6.07, 6.45) is 24.8. The second-order valence-electron chi connectivity index (χ2n) is 32.2. The molecule has 740 valence electrons. The Kier molecular flexibility index (Phi) is 61.7. The van der Waals surface area contributed by atoms with Crippen molar-refractivity contribution in [3.8, 4) is 0 Å². The van der Waals surface area contributed by atoms with Crippen molar-refractivity contribution in [3.63, 3.8) is 0 Å². The van der Waals surface area contributed by atoms with Crippen LogP contribution in [0.5, 0.6) is 0 Å². The fraction of sp³-hybridized carbons (Fsp3) is 0.469. The number of ketones is 1. The van der Waals surface area contributed by atoms with Crippen LogP contribution >= 0.6 is 85.1 Å². The Morgan fingerprint density at radius 3 is 1.30 bits per heavy atom. The van der Waals surface area contributed by atoms with Crippen molar-refractivity contribution in [2.45, 2.75) is 268 Å². The van der Waals surface area contributed by atoms with E-state index in [0.717, 1.165) is 110 Å². The number of aryl methyl sites for hydroxylation is 3. The number of rotatable bonds is 29. The molecule has 7 aromatic rings. The van der Waals surface area contributed by atoms with Gasteiger partial charge in [0.15, 0.2) is 15.6 Å². The first-order valence-electron chi connectivity index (χ1n) is 44.1. The van der Waals surface area contributed by atoms with Crippen molar-refractivity contribution < 1.29 is 105 Å². The summed E-state index contributed by atoms with van der Waals surface area (Å²) < 4.78 is 146. The number of Topliss-reactive ketones (excluding diaryl/α,β-unsaturated/α-hetero) is 1. The van der Waals surface area contributed by atoms with Crippen LogP contribution in [0.25, 0.3) is 0 Å². The van der Waals surface area contributed by atoms with Crippen LogP contribution in [0.2, 0.25) is 17.7 Å². The summed E-state index contributed by atoms with van der Waals surface area (Å²) in [4.78, 5) is 71.1. The SMILES string of the molecule is C=CCc1ccc(C)cc1S(=O)(=O)N1CCCC(OCc2ccccc2)CC1.C=C[CH2][Sn]([CH2]CCC)([CH2]CCC)[CH2]CCC.CC(=O)c1ccc(Br)c(S(=O)(=O)Cl)c1.Cc1ccc(Br)c(S(=O)(=O)C2CCCC(O)CC2)c1.Cc1ccc(Br)c(S(=O)(=O)N2CCCC(OCc3ccccc3)CC2)c1.O=C(O)c1ccc(Br)c(S(=O)(=O)Cl)c1.O=C=O.O=C=O.O=C=O.OC1CCCNCC1. The number of benzene rings is 7. The molecule has 4 fully saturated rings. The van der Waals surface area contributed by atoms with Gasteiger partial charge >= 0.3 is 132 Å². The average Bonchev–Trinajstić information content (AvgIpc) is 0.883. The minimum atomic E-state index is -3.93. The van der Waals surface area contributed by atoms with E-state index in [1.807, 2.05) is 106 Å². The molecular weight excluding hydrogens is 2230 g/mol. The van der Waals surface area contributed by atoms with E-state index >= 15 is 0 Å². The number of aromatic carboxylic acids is 1. The largest absolute Gasteiger partial charge is 0.478 e. The molecule has 26 nitrogen and oxygen atoms in total. The molecule has 5 atom stereocenters. The second-order valence-corrected chi connectivity index (χ2v) is 60.7. The molecule has 1 saturated carbocycles. The number of halogens is 6. The summed E-state index contributed by atoms with van der Waals surface area (Å²) in [5.41, 5.74) is 6.10. The number of nitrogens with one attached hydrogen (secondary N) is 1. The molecule has 38 heteroatoms. The van der Waals surface area contributed by atoms with Crippen molar-refractivity contribution >= 4 is 182 Å². The van der Waals surface area contributed by atoms with Gasteiger partial charge in [0.2, 0.25) is 20.0 Å². The summed E-state index contributed by atoms with van der Waals surface area (Å²) >= 11 is 10.9. The minimum Gasteiger partial charge on any atom is -0.478 e. The Hall–Kier alpha value is -5.93. The smallest absolute Gasteiger partial charge is 0.373 e. The molecule has 0 aromatic heterocycles. The van der Waals surface area contributed by atoms with E-state index < -0.39 is 72.3 Å². The summed E-state index contributed by atoms with van der Waals surface area (Å²) in [5, 5.41) is 30.1. The van der Waals surface area contributed by atoms with Crippen LogP contribution in [0.4, 0.5) is 0 Å². The van der Waals surface area contributed by atoms with Gasteiger partial charge in [0.1, 0.15) is 0 Å². The predicted octanol–water partition coefficient (Wildman–Crippen LogP) is 21.3. The molecule has 0 bridgehead atoms. The molecule has 4 aliphatic rings. The van der Waals surface area contributed by atoms with Crippen molar-refractivity contribution in [1.82, 2.24) is 13.9 Å². The maximum Gasteiger partial charge on any atom is 0.373 e. The molecule has 3 saturated heterocycles. The Morgan fingerprint density at radius 1 is 0.470 bits per heavy atom. The summed E-state index contributed by atoms with van der Waals surface area (Å²) in [7, 11) is -7.82. The number of aliphatic hydroxyl groups is 2. The first-order valence-corrected chi connectivity index (χ1v) is 64.4. The Morgan fingerprint density at radius 2 is 0.866 bits per heavy atom. The van der Waals surface area contributed by atoms with E-state index in [1.54, 1.807) is 58.3 Å². The zero-order valence-electron chi connectivity index (χ0n) is 76.9. The standard InChI is InChI=1S/C23H29NO3S.C20H24BrNO3S.C14H19BrO3S.C8H6BrClO3S.C7H4BrClO4S.C6H13NO.3C4H9.C3H5.3CO2.Sn/c1-3-8-21-13-12-19(2)17-23(21)28(25,26)24-15-7-11-22(14-16-24)27-18-20-9-5-4-6-10-20;1-16-9-10-19(21)20(14-16)26(23,24)22-12-5-8-18(11-13-22)25-15-17-6-3-2-4-7-17;1-10-5-8-13(15)14(9-10)19(17,18)12-4-2-3-11(16)6-7-12;1-5(11)6-2-3-7(9)8(4-6)14(10,12)13;8-5-2-1-4(7(10)11)3-6(5)14(9,12)13;8-6-2-1-4-7-5-3-6;3*1-3-4-2;1-3-2;3*2-1-3;/h3-6,9-10,12-13,17,22H,1,7-8,11,14-16,18H2,2H3;2-4,6-7,9-10,14,18H,5,8,11-13,15H2,1H3;5,8-9,11-12,16H,2-4,6-7H2,1H3;2-4H,1H3;1-3H,(H,10,11);6-8H,1-5H2;3*1,3-4H2,2H3;3H,1-2H2;;;;. The molecule has 4 N–H and O–H groups in total. The number of unbranched alkanes of at least 4 members (excludes halogenated alkanes) is 3. The Bertz CT molecular complexity index is 5340. The quantitative estimate of drug-likeness (QED) is 0.0111. The average molecular weight is 2360 g/mol. The second kappa shape index (κ2) is 66.7. The third kappa shape index (κ3) is 46.9. The van der Waals surface area contributed by atoms with Crippen molar-refractivity contribution in [2.75, 3.05) is 39.3 Å². The summed E-state index contributed by atoms with van der Waals surface area (Å²) in [5.74, 6) is -1.42. The van der Waals surface area contributed by atoms with E-state index in [9.17, 15) is 56.8 Å². The first kappa shape index (κ1) is 124. The van der Waals surface area contributed by atoms with Gasteiger partial charge in [-0.25, -0.2) is 46.9 Å². The van der Waals surface area contributed by atoms with Crippen LogP contribution in [-0.4, -0.2) is 184 Å². The number of carbonyl (C=O) groups excluding carboxylic acids is 7. The molecular formula is C96H127Br4Cl2N3O23S5Sn. The molecule has 134 heavy (non-hydrogen) atoms. The predicted molar refractivity (Wildman–Crippen MR) is 537 cm³/mol. The van der Waals surface area contributed by atoms with E-state index in [2.05, 4.69) is 109 Å². The number of carboxylic acids is 1.